The molecule has 0 aliphatic heterocycles. The molecule has 3 rings (SSSR count). The predicted molar refractivity (Wildman–Crippen MR) is 68.5 cm³/mol. The molecule has 0 bridgehead atoms. The summed E-state index contributed by atoms with van der Waals surface area (Å²) in [5, 5.41) is 0. The third kappa shape index (κ3) is 1.55. The Bertz CT molecular complexity index is 497. The first-order valence-electron chi connectivity index (χ1n) is 6.01. The van der Waals surface area contributed by atoms with E-state index in [1.54, 1.807) is 11.1 Å². The summed E-state index contributed by atoms with van der Waals surface area (Å²) < 4.78 is 0. The van der Waals surface area contributed by atoms with Crippen LogP contribution in [0.4, 0.5) is 0 Å². The number of benzene rings is 2. The van der Waals surface area contributed by atoms with Gasteiger partial charge in [0.15, 0.2) is 0 Å². The summed E-state index contributed by atoms with van der Waals surface area (Å²) in [6.07, 6.45) is 2.48. The first-order chi connectivity index (χ1) is 7.84. The van der Waals surface area contributed by atoms with Gasteiger partial charge in [0, 0.05) is 0 Å². The maximum Gasteiger partial charge on any atom is -0.0149 e. The molecule has 2 aromatic carbocycles. The lowest BCUT2D eigenvalue weighted by Gasteiger charge is -2.08. The average Bonchev–Trinajstić information content (AvgIpc) is 2.70. The SMILES string of the molecule is CC1Cc2cccc(-c3ccccc3)c2C1. The van der Waals surface area contributed by atoms with Gasteiger partial charge in [-0.1, -0.05) is 55.5 Å². The molecular formula is C16H16. The van der Waals surface area contributed by atoms with Crippen LogP contribution >= 0.6 is 0 Å². The molecule has 0 nitrogen and oxygen atoms in total. The zero-order valence-corrected chi connectivity index (χ0v) is 9.61. The van der Waals surface area contributed by atoms with E-state index in [0.29, 0.717) is 0 Å². The lowest BCUT2D eigenvalue weighted by Crippen LogP contribution is -1.90. The lowest BCUT2D eigenvalue weighted by molar-refractivity contribution is 0.628. The Balaban J connectivity index is 2.14. The monoisotopic (exact) mass is 208 g/mol. The van der Waals surface area contributed by atoms with Gasteiger partial charge in [-0.25, -0.2) is 0 Å². The van der Waals surface area contributed by atoms with Crippen LogP contribution in [0.25, 0.3) is 11.1 Å². The summed E-state index contributed by atoms with van der Waals surface area (Å²) in [7, 11) is 0. The summed E-state index contributed by atoms with van der Waals surface area (Å²) in [5.74, 6) is 0.805. The van der Waals surface area contributed by atoms with Crippen LogP contribution in [0.3, 0.4) is 0 Å². The summed E-state index contributed by atoms with van der Waals surface area (Å²) in [5.41, 5.74) is 5.91. The zero-order valence-electron chi connectivity index (χ0n) is 9.61. The number of rotatable bonds is 1. The minimum atomic E-state index is 0.805. The molecular weight excluding hydrogens is 192 g/mol. The molecule has 1 aliphatic carbocycles. The van der Waals surface area contributed by atoms with Gasteiger partial charge in [0.05, 0.1) is 0 Å². The van der Waals surface area contributed by atoms with E-state index in [-0.39, 0.29) is 0 Å². The van der Waals surface area contributed by atoms with Gasteiger partial charge in [0.2, 0.25) is 0 Å². The van der Waals surface area contributed by atoms with Crippen molar-refractivity contribution < 1.29 is 0 Å². The normalized spacial score (nSPS) is 18.4. The maximum absolute atomic E-state index is 2.34. The zero-order chi connectivity index (χ0) is 11.0. The molecule has 1 atom stereocenters. The fourth-order valence-electron chi connectivity index (χ4n) is 2.75. The van der Waals surface area contributed by atoms with Crippen molar-refractivity contribution in [3.05, 3.63) is 59.7 Å². The summed E-state index contributed by atoms with van der Waals surface area (Å²) >= 11 is 0. The largest absolute Gasteiger partial charge is 0.0622 e. The molecule has 80 valence electrons. The van der Waals surface area contributed by atoms with Gasteiger partial charge >= 0.3 is 0 Å². The quantitative estimate of drug-likeness (QED) is 0.662. The fourth-order valence-corrected chi connectivity index (χ4v) is 2.75. The maximum atomic E-state index is 2.34. The predicted octanol–water partition coefficient (Wildman–Crippen LogP) is 4.09. The van der Waals surface area contributed by atoms with Crippen LogP contribution in [0.5, 0.6) is 0 Å². The standard InChI is InChI=1S/C16H16/c1-12-10-14-8-5-9-15(16(14)11-12)13-6-3-2-4-7-13/h2-9,12H,10-11H2,1H3. The number of hydrogen-bond acceptors (Lipinski definition) is 0. The molecule has 1 aliphatic rings. The van der Waals surface area contributed by atoms with E-state index in [1.165, 1.54) is 24.0 Å². The van der Waals surface area contributed by atoms with E-state index in [0.717, 1.165) is 5.92 Å². The van der Waals surface area contributed by atoms with Crippen molar-refractivity contribution in [3.63, 3.8) is 0 Å². The van der Waals surface area contributed by atoms with Crippen molar-refractivity contribution in [2.75, 3.05) is 0 Å². The number of hydrogen-bond donors (Lipinski definition) is 0. The van der Waals surface area contributed by atoms with Crippen LogP contribution in [0.2, 0.25) is 0 Å². The summed E-state index contributed by atoms with van der Waals surface area (Å²) in [4.78, 5) is 0. The van der Waals surface area contributed by atoms with Crippen LogP contribution in [0.15, 0.2) is 48.5 Å². The Morgan fingerprint density at radius 3 is 2.50 bits per heavy atom. The van der Waals surface area contributed by atoms with Crippen molar-refractivity contribution in [1.82, 2.24) is 0 Å². The van der Waals surface area contributed by atoms with E-state index in [2.05, 4.69) is 55.5 Å². The van der Waals surface area contributed by atoms with Crippen LogP contribution in [0, 0.1) is 5.92 Å². The minimum absolute atomic E-state index is 0.805. The third-order valence-corrected chi connectivity index (χ3v) is 3.48. The smallest absolute Gasteiger partial charge is 0.0149 e. The highest BCUT2D eigenvalue weighted by Gasteiger charge is 2.20. The third-order valence-electron chi connectivity index (χ3n) is 3.48. The molecule has 0 N–H and O–H groups in total. The van der Waals surface area contributed by atoms with Crippen molar-refractivity contribution in [1.29, 1.82) is 0 Å². The lowest BCUT2D eigenvalue weighted by atomic mass is 9.97. The molecule has 0 spiro atoms. The van der Waals surface area contributed by atoms with Gasteiger partial charge in [-0.05, 0) is 41.0 Å². The van der Waals surface area contributed by atoms with Crippen LogP contribution in [-0.4, -0.2) is 0 Å². The van der Waals surface area contributed by atoms with Gasteiger partial charge < -0.3 is 0 Å². The Morgan fingerprint density at radius 2 is 1.69 bits per heavy atom. The van der Waals surface area contributed by atoms with Crippen molar-refractivity contribution in [3.8, 4) is 11.1 Å². The van der Waals surface area contributed by atoms with Gasteiger partial charge in [-0.3, -0.25) is 0 Å². The van der Waals surface area contributed by atoms with E-state index < -0.39 is 0 Å². The van der Waals surface area contributed by atoms with Crippen LogP contribution < -0.4 is 0 Å². The van der Waals surface area contributed by atoms with E-state index in [1.807, 2.05) is 0 Å². The van der Waals surface area contributed by atoms with Gasteiger partial charge in [-0.15, -0.1) is 0 Å². The Labute approximate surface area is 96.9 Å². The van der Waals surface area contributed by atoms with Gasteiger partial charge in [0.25, 0.3) is 0 Å². The average molecular weight is 208 g/mol. The number of fused-ring (bicyclic) bond motifs is 1. The van der Waals surface area contributed by atoms with Gasteiger partial charge in [-0.2, -0.15) is 0 Å². The molecule has 0 heteroatoms. The fraction of sp³-hybridized carbons (Fsp3) is 0.250. The second kappa shape index (κ2) is 3.79. The summed E-state index contributed by atoms with van der Waals surface area (Å²) in [6.45, 7) is 2.34. The van der Waals surface area contributed by atoms with Crippen molar-refractivity contribution in [2.45, 2.75) is 19.8 Å². The molecule has 0 heterocycles. The second-order valence-electron chi connectivity index (χ2n) is 4.82. The first-order valence-corrected chi connectivity index (χ1v) is 6.01. The molecule has 0 saturated carbocycles. The summed E-state index contributed by atoms with van der Waals surface area (Å²) in [6, 6.07) is 17.5. The first kappa shape index (κ1) is 9.65. The highest BCUT2D eigenvalue weighted by Crippen LogP contribution is 2.34. The molecule has 0 saturated heterocycles. The topological polar surface area (TPSA) is 0 Å². The highest BCUT2D eigenvalue weighted by atomic mass is 14.2. The van der Waals surface area contributed by atoms with Gasteiger partial charge in [0.1, 0.15) is 0 Å². The molecule has 16 heavy (non-hydrogen) atoms. The van der Waals surface area contributed by atoms with E-state index in [4.69, 9.17) is 0 Å². The molecule has 0 amide bonds. The molecule has 0 fully saturated rings. The highest BCUT2D eigenvalue weighted by molar-refractivity contribution is 5.69. The minimum Gasteiger partial charge on any atom is -0.0622 e. The second-order valence-corrected chi connectivity index (χ2v) is 4.82. The van der Waals surface area contributed by atoms with Crippen LogP contribution in [-0.2, 0) is 12.8 Å². The van der Waals surface area contributed by atoms with Crippen molar-refractivity contribution in [2.24, 2.45) is 5.92 Å². The molecule has 2 aromatic rings. The molecule has 1 unspecified atom stereocenters. The Morgan fingerprint density at radius 1 is 0.875 bits per heavy atom. The Hall–Kier alpha value is -1.56. The van der Waals surface area contributed by atoms with E-state index >= 15 is 0 Å². The molecule has 0 aromatic heterocycles. The molecule has 0 radical (unpaired) electrons. The van der Waals surface area contributed by atoms with E-state index in [9.17, 15) is 0 Å². The van der Waals surface area contributed by atoms with Crippen LogP contribution in [0.1, 0.15) is 18.1 Å². The van der Waals surface area contributed by atoms with Crippen molar-refractivity contribution >= 4 is 0 Å². The Kier molecular flexibility index (Phi) is 2.28.